The van der Waals surface area contributed by atoms with Crippen LogP contribution in [0.5, 0.6) is 17.2 Å². The second-order valence-corrected chi connectivity index (χ2v) is 4.53. The molecule has 0 spiro atoms. The first kappa shape index (κ1) is 14.9. The maximum atomic E-state index is 10.00. The summed E-state index contributed by atoms with van der Waals surface area (Å²) >= 11 is 0. The summed E-state index contributed by atoms with van der Waals surface area (Å²) in [6, 6.07) is 13.4. The molecular weight excluding hydrogens is 266 g/mol. The molecule has 0 heterocycles. The molecule has 2 aromatic carbocycles. The number of ether oxygens (including phenoxy) is 2. The van der Waals surface area contributed by atoms with Gasteiger partial charge in [-0.2, -0.15) is 0 Å². The molecule has 0 saturated carbocycles. The minimum absolute atomic E-state index is 0.0923. The lowest BCUT2D eigenvalue weighted by Gasteiger charge is -2.09. The molecule has 0 saturated heterocycles. The number of benzene rings is 2. The van der Waals surface area contributed by atoms with Crippen molar-refractivity contribution in [2.24, 2.45) is 4.99 Å². The highest BCUT2D eigenvalue weighted by molar-refractivity contribution is 5.87. The number of phenols is 1. The highest BCUT2D eigenvalue weighted by atomic mass is 16.5. The van der Waals surface area contributed by atoms with Gasteiger partial charge in [0.15, 0.2) is 0 Å². The van der Waals surface area contributed by atoms with Crippen molar-refractivity contribution in [3.05, 3.63) is 53.6 Å². The summed E-state index contributed by atoms with van der Waals surface area (Å²) in [4.78, 5) is 4.36. The third-order valence-corrected chi connectivity index (χ3v) is 3.14. The summed E-state index contributed by atoms with van der Waals surface area (Å²) < 4.78 is 10.3. The Hall–Kier alpha value is -2.49. The van der Waals surface area contributed by atoms with Gasteiger partial charge in [-0.3, -0.25) is 4.99 Å². The van der Waals surface area contributed by atoms with E-state index in [1.165, 1.54) is 5.56 Å². The first-order valence-electron chi connectivity index (χ1n) is 6.73. The van der Waals surface area contributed by atoms with E-state index in [0.29, 0.717) is 23.6 Å². The van der Waals surface area contributed by atoms with Crippen LogP contribution in [0.25, 0.3) is 0 Å². The largest absolute Gasteiger partial charge is 0.507 e. The van der Waals surface area contributed by atoms with Crippen LogP contribution in [-0.2, 0) is 6.42 Å². The number of rotatable bonds is 6. The third-order valence-electron chi connectivity index (χ3n) is 3.14. The third kappa shape index (κ3) is 3.99. The molecule has 1 N–H and O–H groups in total. The van der Waals surface area contributed by atoms with Gasteiger partial charge in [0.05, 0.1) is 19.8 Å². The van der Waals surface area contributed by atoms with Crippen molar-refractivity contribution >= 4 is 6.21 Å². The molecule has 0 amide bonds. The Balaban J connectivity index is 2.06. The van der Waals surface area contributed by atoms with Gasteiger partial charge >= 0.3 is 0 Å². The lowest BCUT2D eigenvalue weighted by atomic mass is 10.1. The fraction of sp³-hybridized carbons (Fsp3) is 0.235. The standard InChI is InChI=1S/C17H19NO3/c1-20-14-10-16(19)15(17(11-14)21-2)12-18-9-8-13-6-4-3-5-7-13/h3-7,10-12,19H,8-9H2,1-2H3. The predicted octanol–water partition coefficient (Wildman–Crippen LogP) is 3.07. The fourth-order valence-corrected chi connectivity index (χ4v) is 2.00. The molecule has 2 aromatic rings. The monoisotopic (exact) mass is 285 g/mol. The lowest BCUT2D eigenvalue weighted by molar-refractivity contribution is 0.384. The molecule has 0 radical (unpaired) electrons. The molecule has 0 aliphatic rings. The van der Waals surface area contributed by atoms with Crippen molar-refractivity contribution in [2.45, 2.75) is 6.42 Å². The summed E-state index contributed by atoms with van der Waals surface area (Å²) in [7, 11) is 3.09. The van der Waals surface area contributed by atoms with Gasteiger partial charge in [-0.1, -0.05) is 30.3 Å². The highest BCUT2D eigenvalue weighted by Gasteiger charge is 2.09. The Labute approximate surface area is 124 Å². The van der Waals surface area contributed by atoms with Gasteiger partial charge in [-0.15, -0.1) is 0 Å². The van der Waals surface area contributed by atoms with Crippen molar-refractivity contribution < 1.29 is 14.6 Å². The van der Waals surface area contributed by atoms with Crippen LogP contribution in [0.2, 0.25) is 0 Å². The zero-order valence-electron chi connectivity index (χ0n) is 12.2. The van der Waals surface area contributed by atoms with E-state index in [1.807, 2.05) is 18.2 Å². The fourth-order valence-electron chi connectivity index (χ4n) is 2.00. The van der Waals surface area contributed by atoms with Gasteiger partial charge in [0, 0.05) is 24.9 Å². The van der Waals surface area contributed by atoms with Crippen LogP contribution in [0.4, 0.5) is 0 Å². The van der Waals surface area contributed by atoms with Gasteiger partial charge < -0.3 is 14.6 Å². The van der Waals surface area contributed by atoms with Crippen LogP contribution in [0.3, 0.4) is 0 Å². The second-order valence-electron chi connectivity index (χ2n) is 4.53. The van der Waals surface area contributed by atoms with Crippen LogP contribution >= 0.6 is 0 Å². The Morgan fingerprint density at radius 1 is 1.10 bits per heavy atom. The van der Waals surface area contributed by atoms with E-state index in [0.717, 1.165) is 6.42 Å². The van der Waals surface area contributed by atoms with E-state index in [1.54, 1.807) is 32.6 Å². The molecule has 0 atom stereocenters. The van der Waals surface area contributed by atoms with Crippen LogP contribution in [0.15, 0.2) is 47.5 Å². The van der Waals surface area contributed by atoms with E-state index < -0.39 is 0 Å². The van der Waals surface area contributed by atoms with E-state index in [4.69, 9.17) is 9.47 Å². The van der Waals surface area contributed by atoms with E-state index in [2.05, 4.69) is 17.1 Å². The maximum absolute atomic E-state index is 10.00. The number of methoxy groups -OCH3 is 2. The van der Waals surface area contributed by atoms with E-state index >= 15 is 0 Å². The predicted molar refractivity (Wildman–Crippen MR) is 83.8 cm³/mol. The van der Waals surface area contributed by atoms with Crippen LogP contribution in [-0.4, -0.2) is 32.1 Å². The highest BCUT2D eigenvalue weighted by Crippen LogP contribution is 2.31. The molecule has 2 rings (SSSR count). The Morgan fingerprint density at radius 3 is 2.52 bits per heavy atom. The van der Waals surface area contributed by atoms with Crippen molar-refractivity contribution in [1.29, 1.82) is 0 Å². The summed E-state index contributed by atoms with van der Waals surface area (Å²) in [6.07, 6.45) is 2.49. The van der Waals surface area contributed by atoms with Crippen LogP contribution in [0.1, 0.15) is 11.1 Å². The molecular formula is C17H19NO3. The Morgan fingerprint density at radius 2 is 1.86 bits per heavy atom. The minimum atomic E-state index is 0.0923. The van der Waals surface area contributed by atoms with Gasteiger partial charge in [0.2, 0.25) is 0 Å². The quantitative estimate of drug-likeness (QED) is 0.830. The minimum Gasteiger partial charge on any atom is -0.507 e. The number of aliphatic imine (C=N–C) groups is 1. The molecule has 0 fully saturated rings. The SMILES string of the molecule is COc1cc(O)c(C=NCCc2ccccc2)c(OC)c1. The Bertz CT molecular complexity index is 609. The van der Waals surface area contributed by atoms with Gasteiger partial charge in [-0.25, -0.2) is 0 Å². The van der Waals surface area contributed by atoms with Gasteiger partial charge in [0.25, 0.3) is 0 Å². The maximum Gasteiger partial charge on any atom is 0.135 e. The van der Waals surface area contributed by atoms with Crippen molar-refractivity contribution in [2.75, 3.05) is 20.8 Å². The molecule has 0 aromatic heterocycles. The average molecular weight is 285 g/mol. The summed E-state index contributed by atoms with van der Waals surface area (Å²) in [5, 5.41) is 10.00. The molecule has 110 valence electrons. The second kappa shape index (κ2) is 7.33. The van der Waals surface area contributed by atoms with Crippen molar-refractivity contribution in [1.82, 2.24) is 0 Å². The summed E-state index contributed by atoms with van der Waals surface area (Å²) in [5.41, 5.74) is 1.80. The first-order chi connectivity index (χ1) is 10.2. The lowest BCUT2D eigenvalue weighted by Crippen LogP contribution is -1.95. The van der Waals surface area contributed by atoms with Gasteiger partial charge in [0.1, 0.15) is 17.2 Å². The number of nitrogens with zero attached hydrogens (tertiary/aromatic N) is 1. The summed E-state index contributed by atoms with van der Waals surface area (Å²) in [5.74, 6) is 1.18. The summed E-state index contributed by atoms with van der Waals surface area (Å²) in [6.45, 7) is 0.651. The normalized spacial score (nSPS) is 10.8. The average Bonchev–Trinajstić information content (AvgIpc) is 2.53. The number of aromatic hydroxyl groups is 1. The molecule has 21 heavy (non-hydrogen) atoms. The van der Waals surface area contributed by atoms with Crippen LogP contribution < -0.4 is 9.47 Å². The zero-order chi connectivity index (χ0) is 15.1. The first-order valence-corrected chi connectivity index (χ1v) is 6.73. The van der Waals surface area contributed by atoms with Crippen molar-refractivity contribution in [3.8, 4) is 17.2 Å². The van der Waals surface area contributed by atoms with Gasteiger partial charge in [-0.05, 0) is 12.0 Å². The molecule has 0 bridgehead atoms. The molecule has 0 unspecified atom stereocenters. The Kier molecular flexibility index (Phi) is 5.21. The molecule has 0 aliphatic carbocycles. The topological polar surface area (TPSA) is 51.0 Å². The number of hydrogen-bond acceptors (Lipinski definition) is 4. The smallest absolute Gasteiger partial charge is 0.135 e. The molecule has 4 heteroatoms. The van der Waals surface area contributed by atoms with E-state index in [9.17, 15) is 5.11 Å². The molecule has 4 nitrogen and oxygen atoms in total. The molecule has 0 aliphatic heterocycles. The number of phenolic OH excluding ortho intramolecular Hbond substituents is 1. The van der Waals surface area contributed by atoms with Crippen molar-refractivity contribution in [3.63, 3.8) is 0 Å². The number of hydrogen-bond donors (Lipinski definition) is 1. The zero-order valence-corrected chi connectivity index (χ0v) is 12.2. The van der Waals surface area contributed by atoms with E-state index in [-0.39, 0.29) is 5.75 Å². The van der Waals surface area contributed by atoms with Crippen LogP contribution in [0, 0.1) is 0 Å².